The summed E-state index contributed by atoms with van der Waals surface area (Å²) < 4.78 is 5.60. The molecule has 0 radical (unpaired) electrons. The maximum atomic E-state index is 5.60. The fourth-order valence-electron chi connectivity index (χ4n) is 2.73. The zero-order chi connectivity index (χ0) is 19.1. The van der Waals surface area contributed by atoms with E-state index in [1.807, 2.05) is 23.5 Å². The molecule has 7 heteroatoms. The van der Waals surface area contributed by atoms with Crippen molar-refractivity contribution in [1.29, 1.82) is 0 Å². The third-order valence-electron chi connectivity index (χ3n) is 4.26. The number of guanidine groups is 1. The smallest absolute Gasteiger partial charge is 0.226 e. The molecule has 150 valence electrons. The van der Waals surface area contributed by atoms with E-state index in [0.717, 1.165) is 30.2 Å². The van der Waals surface area contributed by atoms with E-state index in [1.165, 1.54) is 10.4 Å². The number of nitrogens with zero attached hydrogens (tertiary/aromatic N) is 2. The lowest BCUT2D eigenvalue weighted by molar-refractivity contribution is 0.560. The fourth-order valence-corrected chi connectivity index (χ4v) is 3.60. The van der Waals surface area contributed by atoms with Crippen LogP contribution in [0.5, 0.6) is 0 Å². The minimum Gasteiger partial charge on any atom is -0.444 e. The first-order valence-corrected chi connectivity index (χ1v) is 10.0. The Balaban J connectivity index is 0.00000280. The number of thiophene rings is 1. The molecule has 1 atom stereocenters. The van der Waals surface area contributed by atoms with E-state index in [9.17, 15) is 0 Å². The van der Waals surface area contributed by atoms with Crippen molar-refractivity contribution in [2.45, 2.75) is 26.8 Å². The highest BCUT2D eigenvalue weighted by Gasteiger charge is 2.09. The highest BCUT2D eigenvalue weighted by atomic mass is 127. The quantitative estimate of drug-likeness (QED) is 0.271. The molecule has 0 aliphatic rings. The number of hydrogen-bond acceptors (Lipinski definition) is 4. The first kappa shape index (κ1) is 22.4. The maximum Gasteiger partial charge on any atom is 0.226 e. The topological polar surface area (TPSA) is 62.5 Å². The van der Waals surface area contributed by atoms with Gasteiger partial charge in [0, 0.05) is 24.0 Å². The van der Waals surface area contributed by atoms with Crippen LogP contribution in [0.15, 0.2) is 57.5 Å². The number of aliphatic imine (C=N–C) groups is 1. The second kappa shape index (κ2) is 11.2. The van der Waals surface area contributed by atoms with Crippen LogP contribution < -0.4 is 10.6 Å². The number of halogens is 1. The average molecular weight is 510 g/mol. The SMILES string of the molecule is CN=C(NCc1coc(-c2ccc(C)cc2)n1)NCC(C)Cc1cccs1.I. The molecule has 0 saturated heterocycles. The highest BCUT2D eigenvalue weighted by molar-refractivity contribution is 14.0. The van der Waals surface area contributed by atoms with Crippen molar-refractivity contribution in [2.24, 2.45) is 10.9 Å². The lowest BCUT2D eigenvalue weighted by atomic mass is 10.1. The van der Waals surface area contributed by atoms with Crippen molar-refractivity contribution < 1.29 is 4.42 Å². The van der Waals surface area contributed by atoms with Gasteiger partial charge in [0.15, 0.2) is 5.96 Å². The molecule has 2 aromatic heterocycles. The van der Waals surface area contributed by atoms with Gasteiger partial charge in [-0.05, 0) is 42.8 Å². The molecule has 5 nitrogen and oxygen atoms in total. The van der Waals surface area contributed by atoms with E-state index in [-0.39, 0.29) is 24.0 Å². The molecule has 0 aliphatic carbocycles. The summed E-state index contributed by atoms with van der Waals surface area (Å²) in [6.07, 6.45) is 2.76. The molecule has 3 aromatic rings. The van der Waals surface area contributed by atoms with Crippen molar-refractivity contribution >= 4 is 41.3 Å². The van der Waals surface area contributed by atoms with Crippen molar-refractivity contribution in [2.75, 3.05) is 13.6 Å². The van der Waals surface area contributed by atoms with E-state index >= 15 is 0 Å². The summed E-state index contributed by atoms with van der Waals surface area (Å²) in [6.45, 7) is 5.74. The predicted molar refractivity (Wildman–Crippen MR) is 127 cm³/mol. The Kier molecular flexibility index (Phi) is 8.98. The normalized spacial score (nSPS) is 12.3. The zero-order valence-corrected chi connectivity index (χ0v) is 19.6. The minimum absolute atomic E-state index is 0. The lowest BCUT2D eigenvalue weighted by Crippen LogP contribution is -2.39. The van der Waals surface area contributed by atoms with E-state index in [4.69, 9.17) is 4.42 Å². The van der Waals surface area contributed by atoms with Crippen LogP contribution in [0.2, 0.25) is 0 Å². The van der Waals surface area contributed by atoms with Gasteiger partial charge in [-0.2, -0.15) is 0 Å². The van der Waals surface area contributed by atoms with Crippen LogP contribution in [0, 0.1) is 12.8 Å². The van der Waals surface area contributed by atoms with Gasteiger partial charge in [-0.3, -0.25) is 4.99 Å². The number of aromatic nitrogens is 1. The van der Waals surface area contributed by atoms with Crippen molar-refractivity contribution in [3.8, 4) is 11.5 Å². The summed E-state index contributed by atoms with van der Waals surface area (Å²) in [4.78, 5) is 10.3. The van der Waals surface area contributed by atoms with E-state index in [0.29, 0.717) is 18.4 Å². The van der Waals surface area contributed by atoms with Gasteiger partial charge in [0.2, 0.25) is 5.89 Å². The fraction of sp³-hybridized carbons (Fsp3) is 0.333. The van der Waals surface area contributed by atoms with Gasteiger partial charge < -0.3 is 15.1 Å². The van der Waals surface area contributed by atoms with Crippen LogP contribution in [0.25, 0.3) is 11.5 Å². The third-order valence-corrected chi connectivity index (χ3v) is 5.16. The third kappa shape index (κ3) is 6.63. The van der Waals surface area contributed by atoms with Crippen LogP contribution >= 0.6 is 35.3 Å². The van der Waals surface area contributed by atoms with Gasteiger partial charge in [0.1, 0.15) is 6.26 Å². The summed E-state index contributed by atoms with van der Waals surface area (Å²) in [6, 6.07) is 12.4. The average Bonchev–Trinajstić information content (AvgIpc) is 3.34. The van der Waals surface area contributed by atoms with Gasteiger partial charge >= 0.3 is 0 Å². The van der Waals surface area contributed by atoms with E-state index in [2.05, 4.69) is 64.1 Å². The van der Waals surface area contributed by atoms with Gasteiger partial charge in [-0.15, -0.1) is 35.3 Å². The van der Waals surface area contributed by atoms with E-state index in [1.54, 1.807) is 13.3 Å². The Morgan fingerprint density at radius 1 is 1.21 bits per heavy atom. The van der Waals surface area contributed by atoms with Crippen molar-refractivity contribution in [1.82, 2.24) is 15.6 Å². The molecule has 3 rings (SSSR count). The van der Waals surface area contributed by atoms with Gasteiger partial charge in [-0.25, -0.2) is 4.98 Å². The predicted octanol–water partition coefficient (Wildman–Crippen LogP) is 4.87. The molecule has 0 saturated carbocycles. The Morgan fingerprint density at radius 2 is 2.00 bits per heavy atom. The Labute approximate surface area is 187 Å². The second-order valence-corrected chi connectivity index (χ2v) is 7.74. The van der Waals surface area contributed by atoms with Crippen LogP contribution in [0.1, 0.15) is 23.1 Å². The first-order chi connectivity index (χ1) is 13.1. The molecule has 0 aliphatic heterocycles. The van der Waals surface area contributed by atoms with Crippen molar-refractivity contribution in [3.05, 3.63) is 64.2 Å². The number of hydrogen-bond donors (Lipinski definition) is 2. The molecule has 1 unspecified atom stereocenters. The Bertz CT molecular complexity index is 859. The summed E-state index contributed by atoms with van der Waals surface area (Å²) in [5, 5.41) is 8.80. The van der Waals surface area contributed by atoms with Crippen LogP contribution in [0.3, 0.4) is 0 Å². The summed E-state index contributed by atoms with van der Waals surface area (Å²) in [5.74, 6) is 1.94. The monoisotopic (exact) mass is 510 g/mol. The number of benzene rings is 1. The van der Waals surface area contributed by atoms with Crippen LogP contribution in [0.4, 0.5) is 0 Å². The lowest BCUT2D eigenvalue weighted by Gasteiger charge is -2.15. The first-order valence-electron chi connectivity index (χ1n) is 9.12. The summed E-state index contributed by atoms with van der Waals surface area (Å²) in [5.41, 5.74) is 3.05. The largest absolute Gasteiger partial charge is 0.444 e. The van der Waals surface area contributed by atoms with E-state index < -0.39 is 0 Å². The molecule has 2 N–H and O–H groups in total. The molecular formula is C21H27IN4OS. The molecule has 0 spiro atoms. The minimum atomic E-state index is 0. The molecule has 0 bridgehead atoms. The number of aryl methyl sites for hydroxylation is 1. The highest BCUT2D eigenvalue weighted by Crippen LogP contribution is 2.19. The molecule has 2 heterocycles. The summed E-state index contributed by atoms with van der Waals surface area (Å²) >= 11 is 1.81. The van der Waals surface area contributed by atoms with Gasteiger partial charge in [-0.1, -0.05) is 30.7 Å². The van der Waals surface area contributed by atoms with Crippen LogP contribution in [-0.4, -0.2) is 24.5 Å². The molecule has 28 heavy (non-hydrogen) atoms. The Morgan fingerprint density at radius 3 is 2.68 bits per heavy atom. The summed E-state index contributed by atoms with van der Waals surface area (Å²) in [7, 11) is 1.78. The Hall–Kier alpha value is -1.87. The molecule has 0 amide bonds. The van der Waals surface area contributed by atoms with Crippen molar-refractivity contribution in [3.63, 3.8) is 0 Å². The molecule has 1 aromatic carbocycles. The van der Waals surface area contributed by atoms with Gasteiger partial charge in [0.05, 0.1) is 12.2 Å². The standard InChI is InChI=1S/C21H26N4OS.HI/c1-15-6-8-17(9-7-15)20-25-18(14-26-20)13-24-21(22-3)23-12-16(2)11-19-5-4-10-27-19;/h4-10,14,16H,11-13H2,1-3H3,(H2,22,23,24);1H. The number of nitrogens with one attached hydrogen (secondary N) is 2. The zero-order valence-electron chi connectivity index (χ0n) is 16.4. The molecule has 0 fully saturated rings. The van der Waals surface area contributed by atoms with Crippen LogP contribution in [-0.2, 0) is 13.0 Å². The van der Waals surface area contributed by atoms with Gasteiger partial charge in [0.25, 0.3) is 0 Å². The number of rotatable bonds is 7. The number of oxazole rings is 1. The molecular weight excluding hydrogens is 483 g/mol. The second-order valence-electron chi connectivity index (χ2n) is 6.71. The maximum absolute atomic E-state index is 5.60.